The fourth-order valence-electron chi connectivity index (χ4n) is 1.48. The van der Waals surface area contributed by atoms with Gasteiger partial charge in [0.25, 0.3) is 0 Å². The van der Waals surface area contributed by atoms with Crippen LogP contribution in [0.1, 0.15) is 15.9 Å². The molecular formula is C11H8F3N3O2S. The average molecular weight is 303 g/mol. The Bertz CT molecular complexity index is 655. The van der Waals surface area contributed by atoms with Crippen LogP contribution in [0.25, 0.3) is 0 Å². The summed E-state index contributed by atoms with van der Waals surface area (Å²) < 4.78 is 40.1. The van der Waals surface area contributed by atoms with Crippen LogP contribution in [-0.2, 0) is 13.2 Å². The van der Waals surface area contributed by atoms with E-state index in [9.17, 15) is 18.0 Å². The molecule has 106 valence electrons. The zero-order valence-electron chi connectivity index (χ0n) is 10.0. The molecule has 1 aromatic heterocycles. The Morgan fingerprint density at radius 2 is 2.10 bits per heavy atom. The van der Waals surface area contributed by atoms with Gasteiger partial charge in [-0.25, -0.2) is 4.79 Å². The van der Waals surface area contributed by atoms with Gasteiger partial charge in [0, 0.05) is 11.9 Å². The molecule has 0 spiro atoms. The SMILES string of the molecule is Cn1cnnc1Sc1ccc(C(=O)O)c(C(F)(F)F)c1. The molecule has 0 saturated carbocycles. The molecular weight excluding hydrogens is 295 g/mol. The highest BCUT2D eigenvalue weighted by molar-refractivity contribution is 7.99. The molecule has 1 N–H and O–H groups in total. The first kappa shape index (κ1) is 14.4. The Hall–Kier alpha value is -2.03. The van der Waals surface area contributed by atoms with Crippen molar-refractivity contribution in [2.75, 3.05) is 0 Å². The number of aromatic carboxylic acids is 1. The minimum absolute atomic E-state index is 0.235. The van der Waals surface area contributed by atoms with Crippen LogP contribution in [0.15, 0.2) is 34.6 Å². The van der Waals surface area contributed by atoms with Crippen molar-refractivity contribution in [2.45, 2.75) is 16.2 Å². The van der Waals surface area contributed by atoms with Gasteiger partial charge in [0.15, 0.2) is 5.16 Å². The van der Waals surface area contributed by atoms with Crippen LogP contribution in [0.5, 0.6) is 0 Å². The number of alkyl halides is 3. The van der Waals surface area contributed by atoms with Crippen molar-refractivity contribution >= 4 is 17.7 Å². The summed E-state index contributed by atoms with van der Waals surface area (Å²) in [6, 6.07) is 3.03. The molecule has 0 fully saturated rings. The molecule has 0 aliphatic rings. The molecule has 0 atom stereocenters. The van der Waals surface area contributed by atoms with Crippen molar-refractivity contribution in [2.24, 2.45) is 7.05 Å². The lowest BCUT2D eigenvalue weighted by molar-refractivity contribution is -0.138. The van der Waals surface area contributed by atoms with Gasteiger partial charge in [0.1, 0.15) is 6.33 Å². The van der Waals surface area contributed by atoms with E-state index >= 15 is 0 Å². The molecule has 5 nitrogen and oxygen atoms in total. The van der Waals surface area contributed by atoms with Crippen molar-refractivity contribution in [3.05, 3.63) is 35.7 Å². The molecule has 2 aromatic rings. The molecule has 0 saturated heterocycles. The highest BCUT2D eigenvalue weighted by atomic mass is 32.2. The van der Waals surface area contributed by atoms with Crippen molar-refractivity contribution in [3.8, 4) is 0 Å². The number of aryl methyl sites for hydroxylation is 1. The number of carboxylic acid groups (broad SMARTS) is 1. The molecule has 0 unspecified atom stereocenters. The van der Waals surface area contributed by atoms with Crippen molar-refractivity contribution < 1.29 is 23.1 Å². The van der Waals surface area contributed by atoms with Crippen LogP contribution in [0, 0.1) is 0 Å². The minimum atomic E-state index is -4.73. The van der Waals surface area contributed by atoms with Crippen molar-refractivity contribution in [1.82, 2.24) is 14.8 Å². The molecule has 0 radical (unpaired) electrons. The number of nitrogens with zero attached hydrogens (tertiary/aromatic N) is 3. The lowest BCUT2D eigenvalue weighted by atomic mass is 10.1. The summed E-state index contributed by atoms with van der Waals surface area (Å²) in [7, 11) is 1.65. The quantitative estimate of drug-likeness (QED) is 0.944. The van der Waals surface area contributed by atoms with E-state index < -0.39 is 23.3 Å². The standard InChI is InChI=1S/C11H8F3N3O2S/c1-17-5-15-16-10(17)20-6-2-3-7(9(18)19)8(4-6)11(12,13)14/h2-5H,1H3,(H,18,19). The Morgan fingerprint density at radius 1 is 1.40 bits per heavy atom. The topological polar surface area (TPSA) is 68.0 Å². The number of carboxylic acids is 1. The Labute approximate surface area is 115 Å². The highest BCUT2D eigenvalue weighted by Crippen LogP contribution is 2.36. The zero-order valence-corrected chi connectivity index (χ0v) is 10.9. The van der Waals surface area contributed by atoms with Crippen LogP contribution < -0.4 is 0 Å². The van der Waals surface area contributed by atoms with Crippen molar-refractivity contribution in [3.63, 3.8) is 0 Å². The van der Waals surface area contributed by atoms with Gasteiger partial charge in [-0.05, 0) is 30.0 Å². The molecule has 0 amide bonds. The summed E-state index contributed by atoms with van der Waals surface area (Å²) in [4.78, 5) is 11.1. The van der Waals surface area contributed by atoms with Gasteiger partial charge in [0.05, 0.1) is 11.1 Å². The normalized spacial score (nSPS) is 11.6. The number of carbonyl (C=O) groups is 1. The number of hydrogen-bond acceptors (Lipinski definition) is 4. The third kappa shape index (κ3) is 2.93. The summed E-state index contributed by atoms with van der Waals surface area (Å²) >= 11 is 0.968. The maximum atomic E-state index is 12.8. The largest absolute Gasteiger partial charge is 0.478 e. The van der Waals surface area contributed by atoms with Gasteiger partial charge in [-0.2, -0.15) is 13.2 Å². The Balaban J connectivity index is 2.42. The number of aromatic nitrogens is 3. The first-order valence-corrected chi connectivity index (χ1v) is 6.07. The lowest BCUT2D eigenvalue weighted by Crippen LogP contribution is -2.12. The highest BCUT2D eigenvalue weighted by Gasteiger charge is 2.35. The van der Waals surface area contributed by atoms with E-state index in [-0.39, 0.29) is 4.90 Å². The second-order valence-electron chi connectivity index (χ2n) is 3.84. The first-order chi connectivity index (χ1) is 9.29. The van der Waals surface area contributed by atoms with E-state index in [2.05, 4.69) is 10.2 Å². The number of hydrogen-bond donors (Lipinski definition) is 1. The van der Waals surface area contributed by atoms with Crippen LogP contribution in [0.2, 0.25) is 0 Å². The molecule has 9 heteroatoms. The third-order valence-electron chi connectivity index (χ3n) is 2.41. The second-order valence-corrected chi connectivity index (χ2v) is 4.88. The molecule has 1 aromatic carbocycles. The van der Waals surface area contributed by atoms with Crippen LogP contribution in [-0.4, -0.2) is 25.8 Å². The van der Waals surface area contributed by atoms with Gasteiger partial charge in [-0.3, -0.25) is 0 Å². The minimum Gasteiger partial charge on any atom is -0.478 e. The van der Waals surface area contributed by atoms with E-state index in [1.165, 1.54) is 12.4 Å². The predicted octanol–water partition coefficient (Wildman–Crippen LogP) is 2.68. The van der Waals surface area contributed by atoms with Gasteiger partial charge < -0.3 is 9.67 Å². The molecule has 1 heterocycles. The van der Waals surface area contributed by atoms with E-state index in [0.717, 1.165) is 23.9 Å². The first-order valence-electron chi connectivity index (χ1n) is 5.25. The van der Waals surface area contributed by atoms with Gasteiger partial charge in [-0.15, -0.1) is 10.2 Å². The maximum Gasteiger partial charge on any atom is 0.417 e. The van der Waals surface area contributed by atoms with Gasteiger partial charge in [0.2, 0.25) is 0 Å². The second kappa shape index (κ2) is 5.16. The zero-order chi connectivity index (χ0) is 14.9. The average Bonchev–Trinajstić information content (AvgIpc) is 2.73. The summed E-state index contributed by atoms with van der Waals surface area (Å²) in [5, 5.41) is 16.5. The summed E-state index contributed by atoms with van der Waals surface area (Å²) in [6.45, 7) is 0. The summed E-state index contributed by atoms with van der Waals surface area (Å²) in [5.74, 6) is -1.62. The smallest absolute Gasteiger partial charge is 0.417 e. The number of rotatable bonds is 3. The molecule has 2 rings (SSSR count). The Kier molecular flexibility index (Phi) is 3.71. The number of benzene rings is 1. The third-order valence-corrected chi connectivity index (χ3v) is 3.45. The van der Waals surface area contributed by atoms with Crippen LogP contribution in [0.4, 0.5) is 13.2 Å². The predicted molar refractivity (Wildman–Crippen MR) is 63.5 cm³/mol. The fourth-order valence-corrected chi connectivity index (χ4v) is 2.28. The van der Waals surface area contributed by atoms with Crippen LogP contribution in [0.3, 0.4) is 0 Å². The van der Waals surface area contributed by atoms with E-state index in [1.54, 1.807) is 11.6 Å². The fraction of sp³-hybridized carbons (Fsp3) is 0.182. The Morgan fingerprint density at radius 3 is 2.60 bits per heavy atom. The molecule has 0 aliphatic carbocycles. The van der Waals surface area contributed by atoms with Gasteiger partial charge in [-0.1, -0.05) is 0 Å². The van der Waals surface area contributed by atoms with E-state index in [0.29, 0.717) is 5.16 Å². The summed E-state index contributed by atoms with van der Waals surface area (Å²) in [6.07, 6.45) is -3.32. The molecule has 0 bridgehead atoms. The van der Waals surface area contributed by atoms with Gasteiger partial charge >= 0.3 is 12.1 Å². The summed E-state index contributed by atoms with van der Waals surface area (Å²) in [5.41, 5.74) is -1.96. The monoisotopic (exact) mass is 303 g/mol. The van der Waals surface area contributed by atoms with E-state index in [4.69, 9.17) is 5.11 Å². The molecule has 0 aliphatic heterocycles. The van der Waals surface area contributed by atoms with E-state index in [1.807, 2.05) is 0 Å². The lowest BCUT2D eigenvalue weighted by Gasteiger charge is -2.11. The van der Waals surface area contributed by atoms with Crippen LogP contribution >= 0.6 is 11.8 Å². The maximum absolute atomic E-state index is 12.8. The molecule has 20 heavy (non-hydrogen) atoms. The number of halogens is 3. The van der Waals surface area contributed by atoms with Crippen molar-refractivity contribution in [1.29, 1.82) is 0 Å².